The number of alkyl halides is 8. The van der Waals surface area contributed by atoms with E-state index in [-0.39, 0.29) is 12.8 Å². The maximum atomic E-state index is 13.3. The summed E-state index contributed by atoms with van der Waals surface area (Å²) in [6, 6.07) is 3.46. The van der Waals surface area contributed by atoms with Crippen molar-refractivity contribution in [1.29, 1.82) is 5.26 Å². The summed E-state index contributed by atoms with van der Waals surface area (Å²) in [7, 11) is -4.66. The first-order valence-electron chi connectivity index (χ1n) is 12.5. The van der Waals surface area contributed by atoms with Crippen molar-refractivity contribution in [1.82, 2.24) is 0 Å². The van der Waals surface area contributed by atoms with Gasteiger partial charge in [-0.25, -0.2) is 8.42 Å². The fourth-order valence-corrected chi connectivity index (χ4v) is 6.22. The Balaban J connectivity index is 3.22. The minimum Gasteiger partial charge on any atom is -0.379 e. The normalized spacial score (nSPS) is 15.2. The van der Waals surface area contributed by atoms with Gasteiger partial charge in [0, 0.05) is 12.1 Å². The molecule has 0 spiro atoms. The molecule has 0 saturated carbocycles. The molecule has 2 atom stereocenters. The lowest BCUT2D eigenvalue weighted by atomic mass is 9.95. The second kappa shape index (κ2) is 13.9. The lowest BCUT2D eigenvalue weighted by Crippen LogP contribution is -2.53. The topological polar surface area (TPSA) is 107 Å². The highest BCUT2D eigenvalue weighted by molar-refractivity contribution is 7.92. The summed E-state index contributed by atoms with van der Waals surface area (Å²) >= 11 is 0. The highest BCUT2D eigenvalue weighted by Gasteiger charge is 2.57. The van der Waals surface area contributed by atoms with E-state index < -0.39 is 80.3 Å². The fraction of sp³-hybridized carbons (Fsp3) is 0.680. The van der Waals surface area contributed by atoms with E-state index >= 15 is 0 Å². The van der Waals surface area contributed by atoms with Gasteiger partial charge in [0.1, 0.15) is 0 Å². The Morgan fingerprint density at radius 1 is 1.00 bits per heavy atom. The number of nitriles is 1. The second-order valence-electron chi connectivity index (χ2n) is 9.69. The van der Waals surface area contributed by atoms with Crippen LogP contribution in [0.3, 0.4) is 0 Å². The summed E-state index contributed by atoms with van der Waals surface area (Å²) < 4.78 is 130. The minimum absolute atomic E-state index is 0.158. The van der Waals surface area contributed by atoms with Gasteiger partial charge in [0.05, 0.1) is 28.2 Å². The van der Waals surface area contributed by atoms with Gasteiger partial charge in [0.15, 0.2) is 15.4 Å². The molecule has 0 aliphatic carbocycles. The first-order valence-corrected chi connectivity index (χ1v) is 14.2. The molecule has 228 valence electrons. The van der Waals surface area contributed by atoms with Crippen molar-refractivity contribution in [3.63, 3.8) is 0 Å². The summed E-state index contributed by atoms with van der Waals surface area (Å²) in [6.07, 6.45) is -10.2. The number of carbonyl (C=O) groups is 1. The van der Waals surface area contributed by atoms with Gasteiger partial charge < -0.3 is 10.4 Å². The number of rotatable bonds is 15. The highest BCUT2D eigenvalue weighted by atomic mass is 32.2. The SMILES string of the molecule is CCCCCCCCC([C@@](C)(O)C(=O)Nc1ccc(C#N)c(C(F)(F)F)c1)S(=O)(=O)CCCC(F)(F)C(F)(F)F. The molecule has 1 amide bonds. The first kappa shape index (κ1) is 35.6. The predicted molar refractivity (Wildman–Crippen MR) is 131 cm³/mol. The molecule has 40 heavy (non-hydrogen) atoms. The van der Waals surface area contributed by atoms with Crippen LogP contribution < -0.4 is 5.32 Å². The maximum Gasteiger partial charge on any atom is 0.453 e. The van der Waals surface area contributed by atoms with E-state index in [4.69, 9.17) is 5.26 Å². The molecule has 2 N–H and O–H groups in total. The van der Waals surface area contributed by atoms with Crippen molar-refractivity contribution in [2.24, 2.45) is 0 Å². The molecule has 1 unspecified atom stereocenters. The number of benzene rings is 1. The Hall–Kier alpha value is -2.47. The fourth-order valence-electron chi connectivity index (χ4n) is 4.06. The molecule has 1 aromatic rings. The van der Waals surface area contributed by atoms with Crippen LogP contribution in [0.1, 0.15) is 82.8 Å². The summed E-state index contributed by atoms with van der Waals surface area (Å²) in [5, 5.41) is 19.9. The average molecular weight is 609 g/mol. The molecule has 1 aromatic carbocycles. The Bertz CT molecular complexity index is 1140. The van der Waals surface area contributed by atoms with Gasteiger partial charge in [-0.1, -0.05) is 45.4 Å². The molecular weight excluding hydrogens is 576 g/mol. The van der Waals surface area contributed by atoms with Crippen LogP contribution in [-0.4, -0.2) is 48.1 Å². The van der Waals surface area contributed by atoms with Gasteiger partial charge in [-0.15, -0.1) is 0 Å². The molecule has 0 heterocycles. The van der Waals surface area contributed by atoms with Gasteiger partial charge in [-0.05, 0) is 38.0 Å². The van der Waals surface area contributed by atoms with E-state index in [1.165, 1.54) is 6.07 Å². The van der Waals surface area contributed by atoms with E-state index in [9.17, 15) is 53.4 Å². The van der Waals surface area contributed by atoms with E-state index in [2.05, 4.69) is 0 Å². The first-order chi connectivity index (χ1) is 18.2. The number of amides is 1. The number of halogens is 8. The van der Waals surface area contributed by atoms with Crippen LogP contribution in [0.4, 0.5) is 40.8 Å². The van der Waals surface area contributed by atoms with E-state index in [1.807, 2.05) is 12.2 Å². The minimum atomic E-state index is -5.89. The van der Waals surface area contributed by atoms with Crippen LogP contribution in [0.15, 0.2) is 18.2 Å². The second-order valence-corrected chi connectivity index (χ2v) is 12.0. The molecule has 0 fully saturated rings. The third-order valence-corrected chi connectivity index (χ3v) is 8.80. The van der Waals surface area contributed by atoms with Gasteiger partial charge in [0.25, 0.3) is 5.91 Å². The summed E-state index contributed by atoms with van der Waals surface area (Å²) in [5.41, 5.74) is -5.47. The van der Waals surface area contributed by atoms with Crippen molar-refractivity contribution in [3.8, 4) is 6.07 Å². The van der Waals surface area contributed by atoms with E-state index in [0.717, 1.165) is 38.3 Å². The van der Waals surface area contributed by atoms with Gasteiger partial charge in [-0.2, -0.15) is 40.4 Å². The van der Waals surface area contributed by atoms with Crippen LogP contribution >= 0.6 is 0 Å². The number of carbonyl (C=O) groups excluding carboxylic acids is 1. The summed E-state index contributed by atoms with van der Waals surface area (Å²) in [4.78, 5) is 12.9. The zero-order valence-electron chi connectivity index (χ0n) is 21.9. The third kappa shape index (κ3) is 9.87. The monoisotopic (exact) mass is 608 g/mol. The number of hydrogen-bond acceptors (Lipinski definition) is 5. The Morgan fingerprint density at radius 3 is 2.10 bits per heavy atom. The quantitative estimate of drug-likeness (QED) is 0.169. The number of hydrogen-bond donors (Lipinski definition) is 2. The van der Waals surface area contributed by atoms with Crippen LogP contribution in [0.5, 0.6) is 0 Å². The number of nitrogens with one attached hydrogen (secondary N) is 1. The lowest BCUT2D eigenvalue weighted by molar-refractivity contribution is -0.284. The molecular formula is C25H32F8N2O4S. The maximum absolute atomic E-state index is 13.3. The standard InChI is InChI=1S/C25H32F8N2O4S/c1-3-4-5-6-7-8-10-20(40(38,39)14-9-13-23(26,27)25(31,32)33)22(2,37)21(36)35-18-12-11-17(16-34)19(15-18)24(28,29)30/h11-12,15,20,37H,3-10,13-14H2,1-2H3,(H,35,36)/t20?,22-/m1/s1. The average Bonchev–Trinajstić information content (AvgIpc) is 2.81. The van der Waals surface area contributed by atoms with Crippen molar-refractivity contribution < 1.29 is 53.4 Å². The summed E-state index contributed by atoms with van der Waals surface area (Å²) in [5.74, 6) is -7.79. The molecule has 6 nitrogen and oxygen atoms in total. The zero-order chi connectivity index (χ0) is 31.0. The molecule has 15 heteroatoms. The predicted octanol–water partition coefficient (Wildman–Crippen LogP) is 6.78. The van der Waals surface area contributed by atoms with Crippen molar-refractivity contribution in [2.45, 2.75) is 101 Å². The van der Waals surface area contributed by atoms with Crippen LogP contribution in [0.25, 0.3) is 0 Å². The molecule has 0 aliphatic rings. The summed E-state index contributed by atoms with van der Waals surface area (Å²) in [6.45, 7) is 2.74. The van der Waals surface area contributed by atoms with E-state index in [0.29, 0.717) is 18.9 Å². The number of aliphatic hydroxyl groups is 1. The molecule has 0 saturated heterocycles. The molecule has 0 aromatic heterocycles. The Morgan fingerprint density at radius 2 is 1.57 bits per heavy atom. The Kier molecular flexibility index (Phi) is 12.4. The van der Waals surface area contributed by atoms with Crippen LogP contribution in [-0.2, 0) is 20.8 Å². The van der Waals surface area contributed by atoms with Crippen molar-refractivity contribution in [3.05, 3.63) is 29.3 Å². The van der Waals surface area contributed by atoms with Crippen LogP contribution in [0.2, 0.25) is 0 Å². The molecule has 0 radical (unpaired) electrons. The third-order valence-electron chi connectivity index (χ3n) is 6.38. The Labute approximate surface area is 227 Å². The highest BCUT2D eigenvalue weighted by Crippen LogP contribution is 2.39. The molecule has 0 bridgehead atoms. The lowest BCUT2D eigenvalue weighted by Gasteiger charge is -2.32. The number of nitrogens with zero attached hydrogens (tertiary/aromatic N) is 1. The van der Waals surface area contributed by atoms with Crippen LogP contribution in [0, 0.1) is 11.3 Å². The van der Waals surface area contributed by atoms with Crippen molar-refractivity contribution >= 4 is 21.4 Å². The van der Waals surface area contributed by atoms with Gasteiger partial charge in [-0.3, -0.25) is 4.79 Å². The van der Waals surface area contributed by atoms with E-state index in [1.54, 1.807) is 0 Å². The smallest absolute Gasteiger partial charge is 0.379 e. The molecule has 1 rings (SSSR count). The number of anilines is 1. The largest absolute Gasteiger partial charge is 0.453 e. The number of unbranched alkanes of at least 4 members (excludes halogenated alkanes) is 5. The zero-order valence-corrected chi connectivity index (χ0v) is 22.7. The van der Waals surface area contributed by atoms with Gasteiger partial charge >= 0.3 is 18.3 Å². The van der Waals surface area contributed by atoms with Gasteiger partial charge in [0.2, 0.25) is 0 Å². The van der Waals surface area contributed by atoms with Crippen molar-refractivity contribution in [2.75, 3.05) is 11.1 Å². The molecule has 0 aliphatic heterocycles. The number of sulfone groups is 1.